The Morgan fingerprint density at radius 1 is 1.44 bits per heavy atom. The van der Waals surface area contributed by atoms with Gasteiger partial charge in [0.1, 0.15) is 5.01 Å². The molecular formula is C10H8N4S2. The van der Waals surface area contributed by atoms with Gasteiger partial charge in [0.2, 0.25) is 0 Å². The van der Waals surface area contributed by atoms with E-state index in [0.29, 0.717) is 11.3 Å². The van der Waals surface area contributed by atoms with Gasteiger partial charge in [0, 0.05) is 10.6 Å². The largest absolute Gasteiger partial charge is 0.398 e. The molecule has 0 spiro atoms. The number of aryl methyl sites for hydroxylation is 1. The van der Waals surface area contributed by atoms with E-state index in [0.717, 1.165) is 14.2 Å². The zero-order valence-corrected chi connectivity index (χ0v) is 10.1. The average molecular weight is 248 g/mol. The van der Waals surface area contributed by atoms with Crippen LogP contribution in [0.1, 0.15) is 10.6 Å². The Labute approximate surface area is 101 Å². The summed E-state index contributed by atoms with van der Waals surface area (Å²) in [5.74, 6) is 0. The van der Waals surface area contributed by atoms with Crippen LogP contribution in [0.5, 0.6) is 0 Å². The van der Waals surface area contributed by atoms with Crippen LogP contribution in [0.3, 0.4) is 0 Å². The third-order valence-corrected chi connectivity index (χ3v) is 3.82. The molecule has 6 heteroatoms. The summed E-state index contributed by atoms with van der Waals surface area (Å²) in [5, 5.41) is 17.6. The van der Waals surface area contributed by atoms with Gasteiger partial charge in [-0.15, -0.1) is 10.2 Å². The number of hydrogen-bond donors (Lipinski definition) is 1. The Morgan fingerprint density at radius 3 is 2.81 bits per heavy atom. The van der Waals surface area contributed by atoms with Crippen LogP contribution in [-0.2, 0) is 0 Å². The highest BCUT2D eigenvalue weighted by Gasteiger charge is 2.06. The number of benzene rings is 1. The van der Waals surface area contributed by atoms with Crippen molar-refractivity contribution < 1.29 is 0 Å². The fraction of sp³-hybridized carbons (Fsp3) is 0.100. The number of rotatable bonds is 2. The molecule has 2 rings (SSSR count). The van der Waals surface area contributed by atoms with Gasteiger partial charge in [-0.2, -0.15) is 5.26 Å². The maximum atomic E-state index is 8.71. The predicted octanol–water partition coefficient (Wildman–Crippen LogP) is 2.45. The highest BCUT2D eigenvalue weighted by Crippen LogP contribution is 2.33. The monoisotopic (exact) mass is 248 g/mol. The van der Waals surface area contributed by atoms with Crippen molar-refractivity contribution in [2.75, 3.05) is 5.73 Å². The van der Waals surface area contributed by atoms with Gasteiger partial charge in [0.05, 0.1) is 11.6 Å². The molecule has 4 nitrogen and oxygen atoms in total. The van der Waals surface area contributed by atoms with Crippen molar-refractivity contribution in [1.82, 2.24) is 10.2 Å². The molecule has 16 heavy (non-hydrogen) atoms. The van der Waals surface area contributed by atoms with Crippen molar-refractivity contribution in [3.05, 3.63) is 28.8 Å². The molecule has 2 N–H and O–H groups in total. The lowest BCUT2D eigenvalue weighted by atomic mass is 10.2. The Balaban J connectivity index is 2.26. The summed E-state index contributed by atoms with van der Waals surface area (Å²) >= 11 is 2.99. The summed E-state index contributed by atoms with van der Waals surface area (Å²) in [6.45, 7) is 1.91. The van der Waals surface area contributed by atoms with E-state index in [4.69, 9.17) is 11.0 Å². The van der Waals surface area contributed by atoms with Crippen molar-refractivity contribution in [3.8, 4) is 6.07 Å². The topological polar surface area (TPSA) is 75.6 Å². The zero-order chi connectivity index (χ0) is 11.5. The molecule has 0 saturated carbocycles. The molecule has 2 aromatic rings. The van der Waals surface area contributed by atoms with Crippen LogP contribution in [0.25, 0.3) is 0 Å². The quantitative estimate of drug-likeness (QED) is 0.826. The van der Waals surface area contributed by atoms with Gasteiger partial charge in [0.15, 0.2) is 4.34 Å². The number of anilines is 1. The first-order chi connectivity index (χ1) is 7.69. The molecule has 0 aliphatic carbocycles. The second kappa shape index (κ2) is 4.51. The summed E-state index contributed by atoms with van der Waals surface area (Å²) < 4.78 is 0.855. The Hall–Kier alpha value is -1.58. The highest BCUT2D eigenvalue weighted by atomic mass is 32.2. The molecule has 0 amide bonds. The molecule has 1 aromatic carbocycles. The van der Waals surface area contributed by atoms with E-state index in [2.05, 4.69) is 10.2 Å². The molecule has 0 fully saturated rings. The molecule has 1 aromatic heterocycles. The van der Waals surface area contributed by atoms with Crippen LogP contribution in [0, 0.1) is 18.3 Å². The lowest BCUT2D eigenvalue weighted by Gasteiger charge is -2.02. The van der Waals surface area contributed by atoms with Crippen molar-refractivity contribution in [2.24, 2.45) is 0 Å². The van der Waals surface area contributed by atoms with E-state index in [1.54, 1.807) is 12.1 Å². The molecule has 0 saturated heterocycles. The van der Waals surface area contributed by atoms with Gasteiger partial charge in [0.25, 0.3) is 0 Å². The second-order valence-electron chi connectivity index (χ2n) is 3.05. The molecule has 0 bridgehead atoms. The zero-order valence-electron chi connectivity index (χ0n) is 8.47. The molecule has 0 aliphatic heterocycles. The first-order valence-electron chi connectivity index (χ1n) is 4.46. The summed E-state index contributed by atoms with van der Waals surface area (Å²) in [6, 6.07) is 7.28. The van der Waals surface area contributed by atoms with Gasteiger partial charge in [-0.1, -0.05) is 23.1 Å². The average Bonchev–Trinajstić information content (AvgIpc) is 2.67. The van der Waals surface area contributed by atoms with Crippen LogP contribution in [0.2, 0.25) is 0 Å². The lowest BCUT2D eigenvalue weighted by molar-refractivity contribution is 0.984. The second-order valence-corrected chi connectivity index (χ2v) is 5.52. The van der Waals surface area contributed by atoms with Gasteiger partial charge < -0.3 is 5.73 Å². The standard InChI is InChI=1S/C10H8N4S2/c1-6-13-14-10(15-6)16-9-3-2-7(5-11)4-8(9)12/h2-4H,12H2,1H3. The van der Waals surface area contributed by atoms with Crippen LogP contribution in [-0.4, -0.2) is 10.2 Å². The van der Waals surface area contributed by atoms with Gasteiger partial charge in [-0.05, 0) is 25.1 Å². The molecule has 0 radical (unpaired) electrons. The summed E-state index contributed by atoms with van der Waals surface area (Å²) in [4.78, 5) is 0.898. The number of nitriles is 1. The van der Waals surface area contributed by atoms with E-state index in [-0.39, 0.29) is 0 Å². The fourth-order valence-corrected chi connectivity index (χ4v) is 2.92. The molecular weight excluding hydrogens is 240 g/mol. The van der Waals surface area contributed by atoms with E-state index in [1.165, 1.54) is 23.1 Å². The van der Waals surface area contributed by atoms with Gasteiger partial charge in [-0.25, -0.2) is 0 Å². The summed E-state index contributed by atoms with van der Waals surface area (Å²) in [5.41, 5.74) is 7.00. The third-order valence-electron chi connectivity index (χ3n) is 1.84. The van der Waals surface area contributed by atoms with Crippen LogP contribution < -0.4 is 5.73 Å². The van der Waals surface area contributed by atoms with E-state index < -0.39 is 0 Å². The Kier molecular flexibility index (Phi) is 3.08. The first kappa shape index (κ1) is 10.9. The molecule has 0 unspecified atom stereocenters. The lowest BCUT2D eigenvalue weighted by Crippen LogP contribution is -1.89. The number of nitrogens with zero attached hydrogens (tertiary/aromatic N) is 3. The Morgan fingerprint density at radius 2 is 2.25 bits per heavy atom. The smallest absolute Gasteiger partial charge is 0.179 e. The van der Waals surface area contributed by atoms with Crippen molar-refractivity contribution >= 4 is 28.8 Å². The summed E-state index contributed by atoms with van der Waals surface area (Å²) in [6.07, 6.45) is 0. The minimum absolute atomic E-state index is 0.565. The number of hydrogen-bond acceptors (Lipinski definition) is 6. The number of aromatic nitrogens is 2. The van der Waals surface area contributed by atoms with E-state index in [9.17, 15) is 0 Å². The summed E-state index contributed by atoms with van der Waals surface area (Å²) in [7, 11) is 0. The van der Waals surface area contributed by atoms with Crippen LogP contribution >= 0.6 is 23.1 Å². The number of nitrogens with two attached hydrogens (primary N) is 1. The van der Waals surface area contributed by atoms with E-state index in [1.807, 2.05) is 19.1 Å². The normalized spacial score (nSPS) is 10.0. The molecule has 1 heterocycles. The fourth-order valence-electron chi connectivity index (χ4n) is 1.12. The maximum Gasteiger partial charge on any atom is 0.179 e. The SMILES string of the molecule is Cc1nnc(Sc2ccc(C#N)cc2N)s1. The third kappa shape index (κ3) is 2.32. The van der Waals surface area contributed by atoms with Crippen molar-refractivity contribution in [3.63, 3.8) is 0 Å². The minimum Gasteiger partial charge on any atom is -0.398 e. The maximum absolute atomic E-state index is 8.71. The first-order valence-corrected chi connectivity index (χ1v) is 6.10. The van der Waals surface area contributed by atoms with Crippen molar-refractivity contribution in [1.29, 1.82) is 5.26 Å². The molecule has 0 aliphatic rings. The van der Waals surface area contributed by atoms with E-state index >= 15 is 0 Å². The van der Waals surface area contributed by atoms with Crippen LogP contribution in [0.15, 0.2) is 27.4 Å². The molecule has 80 valence electrons. The molecule has 0 atom stereocenters. The van der Waals surface area contributed by atoms with Crippen molar-refractivity contribution in [2.45, 2.75) is 16.2 Å². The minimum atomic E-state index is 0.565. The van der Waals surface area contributed by atoms with Crippen LogP contribution in [0.4, 0.5) is 5.69 Å². The highest BCUT2D eigenvalue weighted by molar-refractivity contribution is 8.01. The van der Waals surface area contributed by atoms with Gasteiger partial charge in [-0.3, -0.25) is 0 Å². The Bertz CT molecular complexity index is 556. The van der Waals surface area contributed by atoms with Gasteiger partial charge >= 0.3 is 0 Å². The predicted molar refractivity (Wildman–Crippen MR) is 64.3 cm³/mol. The number of nitrogen functional groups attached to an aromatic ring is 1.